The van der Waals surface area contributed by atoms with Crippen LogP contribution in [-0.2, 0) is 11.3 Å². The summed E-state index contributed by atoms with van der Waals surface area (Å²) in [6.07, 6.45) is 11.5. The first kappa shape index (κ1) is 25.5. The molecule has 37 heavy (non-hydrogen) atoms. The van der Waals surface area contributed by atoms with Crippen LogP contribution in [0.4, 0.5) is 0 Å². The highest BCUT2D eigenvalue weighted by atomic mass is 16.5. The number of hydrogen-bond acceptors (Lipinski definition) is 5. The molecule has 4 aromatic rings. The lowest BCUT2D eigenvalue weighted by Crippen LogP contribution is -2.26. The van der Waals surface area contributed by atoms with E-state index >= 15 is 0 Å². The highest BCUT2D eigenvalue weighted by molar-refractivity contribution is 6.02. The lowest BCUT2D eigenvalue weighted by Gasteiger charge is -2.07. The van der Waals surface area contributed by atoms with Gasteiger partial charge in [-0.25, -0.2) is 9.67 Å². The maximum Gasteiger partial charge on any atom is 0.261 e. The van der Waals surface area contributed by atoms with Crippen molar-refractivity contribution in [3.8, 4) is 28.8 Å². The Kier molecular flexibility index (Phi) is 8.87. The van der Waals surface area contributed by atoms with Crippen LogP contribution in [0.5, 0.6) is 5.75 Å². The summed E-state index contributed by atoms with van der Waals surface area (Å²) in [4.78, 5) is 16.8. The van der Waals surface area contributed by atoms with Gasteiger partial charge in [-0.2, -0.15) is 10.4 Å². The summed E-state index contributed by atoms with van der Waals surface area (Å²) in [5.41, 5.74) is 3.06. The fourth-order valence-corrected chi connectivity index (χ4v) is 3.78. The van der Waals surface area contributed by atoms with Gasteiger partial charge in [0.2, 0.25) is 0 Å². The number of para-hydroxylation sites is 1. The van der Waals surface area contributed by atoms with Crippen LogP contribution < -0.4 is 10.1 Å². The summed E-state index contributed by atoms with van der Waals surface area (Å²) in [7, 11) is 0. The van der Waals surface area contributed by atoms with E-state index in [1.807, 2.05) is 71.6 Å². The zero-order valence-corrected chi connectivity index (χ0v) is 20.9. The molecule has 4 rings (SSSR count). The van der Waals surface area contributed by atoms with Gasteiger partial charge in [-0.3, -0.25) is 4.79 Å². The average Bonchev–Trinajstić information content (AvgIpc) is 3.61. The van der Waals surface area contributed by atoms with Crippen LogP contribution >= 0.6 is 0 Å². The van der Waals surface area contributed by atoms with Gasteiger partial charge in [0, 0.05) is 42.8 Å². The molecule has 1 amide bonds. The standard InChI is InChI=1S/C29H30N6O2/c1-2-3-17-37-27-12-7-9-23(19-27)28-25(21-35(33-28)26-10-5-4-6-11-26)18-24(20-30)29(36)32-13-8-15-34-16-14-31-22-34/h4-7,9-12,14,16,18-19,21-22H,2-3,8,13,15,17H2,1H3,(H,32,36). The zero-order valence-electron chi connectivity index (χ0n) is 20.9. The third-order valence-electron chi connectivity index (χ3n) is 5.74. The van der Waals surface area contributed by atoms with Gasteiger partial charge >= 0.3 is 0 Å². The molecule has 0 spiro atoms. The van der Waals surface area contributed by atoms with Crippen LogP contribution in [0.2, 0.25) is 0 Å². The molecule has 0 saturated carbocycles. The van der Waals surface area contributed by atoms with E-state index < -0.39 is 5.91 Å². The number of rotatable bonds is 12. The van der Waals surface area contributed by atoms with Gasteiger partial charge in [0.05, 0.1) is 18.6 Å². The number of aryl methyl sites for hydroxylation is 1. The van der Waals surface area contributed by atoms with Crippen molar-refractivity contribution in [2.45, 2.75) is 32.7 Å². The summed E-state index contributed by atoms with van der Waals surface area (Å²) in [6.45, 7) is 3.95. The van der Waals surface area contributed by atoms with E-state index in [9.17, 15) is 10.1 Å². The third kappa shape index (κ3) is 6.95. The number of nitrogens with zero attached hydrogens (tertiary/aromatic N) is 5. The van der Waals surface area contributed by atoms with Gasteiger partial charge < -0.3 is 14.6 Å². The summed E-state index contributed by atoms with van der Waals surface area (Å²) >= 11 is 0. The first-order chi connectivity index (χ1) is 18.2. The molecule has 0 aliphatic rings. The topological polar surface area (TPSA) is 97.8 Å². The Morgan fingerprint density at radius 1 is 1.16 bits per heavy atom. The van der Waals surface area contributed by atoms with Crippen molar-refractivity contribution in [3.05, 3.63) is 90.7 Å². The van der Waals surface area contributed by atoms with Crippen molar-refractivity contribution in [2.24, 2.45) is 0 Å². The van der Waals surface area contributed by atoms with Crippen LogP contribution in [0.15, 0.2) is 85.1 Å². The number of hydrogen-bond donors (Lipinski definition) is 1. The van der Waals surface area contributed by atoms with Gasteiger partial charge in [-0.05, 0) is 43.2 Å². The van der Waals surface area contributed by atoms with E-state index in [0.717, 1.165) is 42.8 Å². The fourth-order valence-electron chi connectivity index (χ4n) is 3.78. The number of nitriles is 1. The number of amides is 1. The molecule has 0 aliphatic heterocycles. The molecule has 0 unspecified atom stereocenters. The van der Waals surface area contributed by atoms with E-state index in [2.05, 4.69) is 23.3 Å². The maximum absolute atomic E-state index is 12.8. The first-order valence-electron chi connectivity index (χ1n) is 12.4. The minimum Gasteiger partial charge on any atom is -0.494 e. The van der Waals surface area contributed by atoms with E-state index in [4.69, 9.17) is 9.84 Å². The lowest BCUT2D eigenvalue weighted by atomic mass is 10.1. The summed E-state index contributed by atoms with van der Waals surface area (Å²) < 4.78 is 9.59. The van der Waals surface area contributed by atoms with Gasteiger partial charge in [-0.15, -0.1) is 0 Å². The number of nitrogens with one attached hydrogen (secondary N) is 1. The van der Waals surface area contributed by atoms with Crippen LogP contribution in [0, 0.1) is 11.3 Å². The van der Waals surface area contributed by atoms with E-state index in [0.29, 0.717) is 24.4 Å². The Labute approximate surface area is 216 Å². The highest BCUT2D eigenvalue weighted by Gasteiger charge is 2.15. The average molecular weight is 495 g/mol. The van der Waals surface area contributed by atoms with Gasteiger partial charge in [0.15, 0.2) is 0 Å². The number of imidazole rings is 1. The summed E-state index contributed by atoms with van der Waals surface area (Å²) in [6, 6.07) is 19.5. The number of carbonyl (C=O) groups excluding carboxylic acids is 1. The minimum atomic E-state index is -0.414. The quantitative estimate of drug-likeness (QED) is 0.169. The molecule has 0 saturated heterocycles. The Balaban J connectivity index is 1.59. The van der Waals surface area contributed by atoms with Crippen LogP contribution in [-0.4, -0.2) is 38.4 Å². The lowest BCUT2D eigenvalue weighted by molar-refractivity contribution is -0.117. The Bertz CT molecular complexity index is 1370. The predicted molar refractivity (Wildman–Crippen MR) is 143 cm³/mol. The molecule has 0 radical (unpaired) electrons. The molecule has 2 aromatic carbocycles. The molecule has 8 heteroatoms. The van der Waals surface area contributed by atoms with Gasteiger partial charge in [0.25, 0.3) is 5.91 Å². The second-order valence-electron chi connectivity index (χ2n) is 8.52. The molecule has 1 N–H and O–H groups in total. The van der Waals surface area contributed by atoms with Crippen molar-refractivity contribution in [3.63, 3.8) is 0 Å². The Hall–Kier alpha value is -4.64. The first-order valence-corrected chi connectivity index (χ1v) is 12.4. The van der Waals surface area contributed by atoms with E-state index in [-0.39, 0.29) is 5.57 Å². The van der Waals surface area contributed by atoms with Crippen molar-refractivity contribution in [2.75, 3.05) is 13.2 Å². The molecule has 2 heterocycles. The van der Waals surface area contributed by atoms with E-state index in [1.54, 1.807) is 23.3 Å². The number of aromatic nitrogens is 4. The van der Waals surface area contributed by atoms with Crippen molar-refractivity contribution in [1.82, 2.24) is 24.6 Å². The number of carbonyl (C=O) groups is 1. The normalized spacial score (nSPS) is 11.2. The maximum atomic E-state index is 12.8. The minimum absolute atomic E-state index is 0.0202. The molecule has 0 atom stereocenters. The summed E-state index contributed by atoms with van der Waals surface area (Å²) in [5.74, 6) is 0.342. The Morgan fingerprint density at radius 2 is 2.03 bits per heavy atom. The van der Waals surface area contributed by atoms with E-state index in [1.165, 1.54) is 0 Å². The zero-order chi connectivity index (χ0) is 25.9. The van der Waals surface area contributed by atoms with Crippen molar-refractivity contribution in [1.29, 1.82) is 5.26 Å². The second kappa shape index (κ2) is 12.9. The second-order valence-corrected chi connectivity index (χ2v) is 8.52. The Morgan fingerprint density at radius 3 is 2.78 bits per heavy atom. The van der Waals surface area contributed by atoms with Crippen LogP contribution in [0.25, 0.3) is 23.0 Å². The number of ether oxygens (including phenoxy) is 1. The van der Waals surface area contributed by atoms with Gasteiger partial charge in [-0.1, -0.05) is 43.7 Å². The third-order valence-corrected chi connectivity index (χ3v) is 5.74. The molecule has 0 fully saturated rings. The molecule has 2 aromatic heterocycles. The highest BCUT2D eigenvalue weighted by Crippen LogP contribution is 2.28. The largest absolute Gasteiger partial charge is 0.494 e. The summed E-state index contributed by atoms with van der Waals surface area (Å²) in [5, 5.41) is 17.4. The fraction of sp³-hybridized carbons (Fsp3) is 0.241. The number of unbranched alkanes of at least 4 members (excludes halogenated alkanes) is 1. The SMILES string of the molecule is CCCCOc1cccc(-c2nn(-c3ccccc3)cc2C=C(C#N)C(=O)NCCCn2ccnc2)c1. The number of benzene rings is 2. The molecular weight excluding hydrogens is 464 g/mol. The predicted octanol–water partition coefficient (Wildman–Crippen LogP) is 5.03. The molecule has 0 aliphatic carbocycles. The molecular formula is C29H30N6O2. The molecule has 8 nitrogen and oxygen atoms in total. The van der Waals surface area contributed by atoms with Crippen molar-refractivity contribution < 1.29 is 9.53 Å². The van der Waals surface area contributed by atoms with Gasteiger partial charge in [0.1, 0.15) is 23.1 Å². The monoisotopic (exact) mass is 494 g/mol. The molecule has 188 valence electrons. The smallest absolute Gasteiger partial charge is 0.261 e. The molecule has 0 bridgehead atoms. The van der Waals surface area contributed by atoms with Crippen LogP contribution in [0.1, 0.15) is 31.7 Å². The van der Waals surface area contributed by atoms with Crippen LogP contribution in [0.3, 0.4) is 0 Å². The van der Waals surface area contributed by atoms with Crippen molar-refractivity contribution >= 4 is 12.0 Å².